The molecule has 1 fully saturated rings. The zero-order valence-corrected chi connectivity index (χ0v) is 16.3. The second kappa shape index (κ2) is 9.64. The van der Waals surface area contributed by atoms with Gasteiger partial charge in [-0.15, -0.1) is 11.3 Å². The molecule has 0 aliphatic carbocycles. The summed E-state index contributed by atoms with van der Waals surface area (Å²) in [6.45, 7) is 5.53. The molecule has 0 radical (unpaired) electrons. The molecule has 7 heteroatoms. The van der Waals surface area contributed by atoms with Gasteiger partial charge in [0.05, 0.1) is 25.8 Å². The summed E-state index contributed by atoms with van der Waals surface area (Å²) in [7, 11) is 0. The molecule has 1 saturated heterocycles. The third-order valence-corrected chi connectivity index (χ3v) is 5.51. The van der Waals surface area contributed by atoms with Gasteiger partial charge in [0.1, 0.15) is 0 Å². The first-order valence-corrected chi connectivity index (χ1v) is 9.98. The van der Waals surface area contributed by atoms with Gasteiger partial charge in [0.15, 0.2) is 0 Å². The summed E-state index contributed by atoms with van der Waals surface area (Å²) in [5, 5.41) is 7.69. The fourth-order valence-corrected chi connectivity index (χ4v) is 3.96. The summed E-state index contributed by atoms with van der Waals surface area (Å²) < 4.78 is 5.44. The molecule has 144 valence electrons. The Morgan fingerprint density at radius 1 is 1.19 bits per heavy atom. The summed E-state index contributed by atoms with van der Waals surface area (Å²) in [6, 6.07) is 11.6. The van der Waals surface area contributed by atoms with Gasteiger partial charge in [-0.25, -0.2) is 0 Å². The number of rotatable bonds is 7. The maximum atomic E-state index is 12.2. The van der Waals surface area contributed by atoms with Crippen LogP contribution in [-0.2, 0) is 9.53 Å². The Balaban J connectivity index is 1.51. The van der Waals surface area contributed by atoms with E-state index in [0.717, 1.165) is 18.7 Å². The first-order valence-electron chi connectivity index (χ1n) is 9.10. The van der Waals surface area contributed by atoms with Crippen molar-refractivity contribution in [2.45, 2.75) is 13.0 Å². The van der Waals surface area contributed by atoms with Crippen LogP contribution < -0.4 is 10.6 Å². The third-order valence-electron chi connectivity index (χ3n) is 4.54. The number of morpholine rings is 1. The molecule has 2 amide bonds. The molecular weight excluding hydrogens is 362 g/mol. The number of hydrogen-bond donors (Lipinski definition) is 2. The van der Waals surface area contributed by atoms with E-state index in [2.05, 4.69) is 21.6 Å². The Labute approximate surface area is 163 Å². The minimum Gasteiger partial charge on any atom is -0.379 e. The van der Waals surface area contributed by atoms with Crippen LogP contribution in [0.1, 0.15) is 26.8 Å². The molecule has 2 N–H and O–H groups in total. The molecule has 27 heavy (non-hydrogen) atoms. The van der Waals surface area contributed by atoms with Crippen LogP contribution in [0.5, 0.6) is 0 Å². The van der Waals surface area contributed by atoms with E-state index in [9.17, 15) is 9.59 Å². The van der Waals surface area contributed by atoms with E-state index in [4.69, 9.17) is 4.74 Å². The SMILES string of the molecule is Cc1cccc(C(=O)NCC(=O)NC[C@@H](c2cccs2)N2CCOCC2)c1. The van der Waals surface area contributed by atoms with Crippen molar-refractivity contribution in [1.82, 2.24) is 15.5 Å². The molecule has 6 nitrogen and oxygen atoms in total. The topological polar surface area (TPSA) is 70.7 Å². The van der Waals surface area contributed by atoms with Crippen molar-refractivity contribution in [3.63, 3.8) is 0 Å². The van der Waals surface area contributed by atoms with Crippen molar-refractivity contribution in [3.05, 3.63) is 57.8 Å². The Kier molecular flexibility index (Phi) is 6.98. The van der Waals surface area contributed by atoms with Gasteiger partial charge in [-0.3, -0.25) is 14.5 Å². The lowest BCUT2D eigenvalue weighted by atomic mass is 10.1. The number of carbonyl (C=O) groups excluding carboxylic acids is 2. The van der Waals surface area contributed by atoms with E-state index in [1.54, 1.807) is 23.5 Å². The van der Waals surface area contributed by atoms with Crippen LogP contribution in [0.15, 0.2) is 41.8 Å². The van der Waals surface area contributed by atoms with Gasteiger partial charge in [0.25, 0.3) is 5.91 Å². The first-order chi connectivity index (χ1) is 13.1. The summed E-state index contributed by atoms with van der Waals surface area (Å²) in [5.74, 6) is -0.428. The lowest BCUT2D eigenvalue weighted by Crippen LogP contribution is -2.45. The zero-order valence-electron chi connectivity index (χ0n) is 15.4. The monoisotopic (exact) mass is 387 g/mol. The highest BCUT2D eigenvalue weighted by Crippen LogP contribution is 2.25. The summed E-state index contributed by atoms with van der Waals surface area (Å²) in [5.41, 5.74) is 1.57. The van der Waals surface area contributed by atoms with E-state index >= 15 is 0 Å². The maximum absolute atomic E-state index is 12.2. The smallest absolute Gasteiger partial charge is 0.251 e. The molecule has 1 aromatic carbocycles. The predicted molar refractivity (Wildman–Crippen MR) is 106 cm³/mol. The molecule has 0 spiro atoms. The van der Waals surface area contributed by atoms with E-state index in [1.807, 2.05) is 30.5 Å². The fourth-order valence-electron chi connectivity index (χ4n) is 3.10. The summed E-state index contributed by atoms with van der Waals surface area (Å²) in [4.78, 5) is 28.0. The molecule has 0 unspecified atom stereocenters. The molecule has 2 aromatic rings. The van der Waals surface area contributed by atoms with Crippen molar-refractivity contribution in [2.75, 3.05) is 39.4 Å². The highest BCUT2D eigenvalue weighted by Gasteiger charge is 2.24. The van der Waals surface area contributed by atoms with Gasteiger partial charge >= 0.3 is 0 Å². The number of ether oxygens (including phenoxy) is 1. The number of benzene rings is 1. The largest absolute Gasteiger partial charge is 0.379 e. The van der Waals surface area contributed by atoms with E-state index in [-0.39, 0.29) is 24.4 Å². The van der Waals surface area contributed by atoms with Gasteiger partial charge in [-0.1, -0.05) is 23.8 Å². The second-order valence-electron chi connectivity index (χ2n) is 6.54. The number of hydrogen-bond acceptors (Lipinski definition) is 5. The Morgan fingerprint density at radius 3 is 2.70 bits per heavy atom. The van der Waals surface area contributed by atoms with Crippen molar-refractivity contribution in [1.29, 1.82) is 0 Å². The summed E-state index contributed by atoms with van der Waals surface area (Å²) >= 11 is 1.69. The quantitative estimate of drug-likeness (QED) is 0.762. The number of thiophene rings is 1. The number of carbonyl (C=O) groups is 2. The van der Waals surface area contributed by atoms with Crippen LogP contribution in [0.2, 0.25) is 0 Å². The van der Waals surface area contributed by atoms with Crippen LogP contribution in [0.3, 0.4) is 0 Å². The highest BCUT2D eigenvalue weighted by molar-refractivity contribution is 7.10. The molecule has 3 rings (SSSR count). The summed E-state index contributed by atoms with van der Waals surface area (Å²) in [6.07, 6.45) is 0. The minimum absolute atomic E-state index is 0.0347. The van der Waals surface area contributed by atoms with Crippen molar-refractivity contribution in [3.8, 4) is 0 Å². The number of nitrogens with zero attached hydrogens (tertiary/aromatic N) is 1. The zero-order chi connectivity index (χ0) is 19.1. The Morgan fingerprint density at radius 2 is 2.00 bits per heavy atom. The maximum Gasteiger partial charge on any atom is 0.251 e. The van der Waals surface area contributed by atoms with Crippen LogP contribution in [0.4, 0.5) is 0 Å². The van der Waals surface area contributed by atoms with Gasteiger partial charge in [0, 0.05) is 30.1 Å². The lowest BCUT2D eigenvalue weighted by Gasteiger charge is -2.34. The first kappa shape index (κ1) is 19.5. The van der Waals surface area contributed by atoms with Gasteiger partial charge < -0.3 is 15.4 Å². The fraction of sp³-hybridized carbons (Fsp3) is 0.400. The minimum atomic E-state index is -0.239. The highest BCUT2D eigenvalue weighted by atomic mass is 32.1. The second-order valence-corrected chi connectivity index (χ2v) is 7.52. The van der Waals surface area contributed by atoms with Crippen LogP contribution in [0.25, 0.3) is 0 Å². The normalized spacial score (nSPS) is 15.9. The molecule has 0 bridgehead atoms. The molecule has 0 saturated carbocycles. The lowest BCUT2D eigenvalue weighted by molar-refractivity contribution is -0.120. The van der Waals surface area contributed by atoms with Gasteiger partial charge in [-0.05, 0) is 30.5 Å². The predicted octanol–water partition coefficient (Wildman–Crippen LogP) is 1.98. The molecule has 1 aliphatic heterocycles. The van der Waals surface area contributed by atoms with Gasteiger partial charge in [-0.2, -0.15) is 0 Å². The molecule has 2 heterocycles. The van der Waals surface area contributed by atoms with Crippen molar-refractivity contribution >= 4 is 23.2 Å². The molecular formula is C20H25N3O3S. The van der Waals surface area contributed by atoms with E-state index in [1.165, 1.54) is 4.88 Å². The average Bonchev–Trinajstić information content (AvgIpc) is 3.21. The van der Waals surface area contributed by atoms with Crippen LogP contribution in [-0.4, -0.2) is 56.1 Å². The number of amides is 2. The average molecular weight is 388 g/mol. The van der Waals surface area contributed by atoms with E-state index < -0.39 is 0 Å². The molecule has 1 aliphatic rings. The third kappa shape index (κ3) is 5.63. The standard InChI is InChI=1S/C20H25N3O3S/c1-15-4-2-5-16(12-15)20(25)22-14-19(24)21-13-17(18-6-3-11-27-18)23-7-9-26-10-8-23/h2-6,11-12,17H,7-10,13-14H2,1H3,(H,21,24)(H,22,25)/t17-/m0/s1. The van der Waals surface area contributed by atoms with Crippen LogP contribution >= 0.6 is 11.3 Å². The van der Waals surface area contributed by atoms with Gasteiger partial charge in [0.2, 0.25) is 5.91 Å². The Hall–Kier alpha value is -2.22. The van der Waals surface area contributed by atoms with E-state index in [0.29, 0.717) is 25.3 Å². The van der Waals surface area contributed by atoms with Crippen molar-refractivity contribution < 1.29 is 14.3 Å². The number of aryl methyl sites for hydroxylation is 1. The van der Waals surface area contributed by atoms with Crippen molar-refractivity contribution in [2.24, 2.45) is 0 Å². The number of nitrogens with one attached hydrogen (secondary N) is 2. The van der Waals surface area contributed by atoms with Crippen LogP contribution in [0, 0.1) is 6.92 Å². The Bertz CT molecular complexity index is 758. The molecule has 1 aromatic heterocycles. The molecule has 1 atom stereocenters.